The Morgan fingerprint density at radius 2 is 2.05 bits per heavy atom. The number of nitrogens with one attached hydrogen (secondary N) is 1. The number of hydrogen-bond acceptors (Lipinski definition) is 4. The zero-order valence-electron chi connectivity index (χ0n) is 10.6. The molecule has 1 N–H and O–H groups in total. The number of rotatable bonds is 4. The summed E-state index contributed by atoms with van der Waals surface area (Å²) in [5.41, 5.74) is 0.376. The summed E-state index contributed by atoms with van der Waals surface area (Å²) in [5, 5.41) is 12.4. The first-order chi connectivity index (χ1) is 9.16. The minimum atomic E-state index is -4.97. The largest absolute Gasteiger partial charge is 0.490 e. The van der Waals surface area contributed by atoms with Gasteiger partial charge in [0.25, 0.3) is 0 Å². The predicted octanol–water partition coefficient (Wildman–Crippen LogP) is 2.09. The molecular weight excluding hydrogens is 281 g/mol. The van der Waals surface area contributed by atoms with Crippen LogP contribution in [0, 0.1) is 17.0 Å². The van der Waals surface area contributed by atoms with Gasteiger partial charge in [-0.25, -0.2) is 0 Å². The molecule has 1 amide bonds. The Balaban J connectivity index is 2.97. The highest BCUT2D eigenvalue weighted by molar-refractivity contribution is 5.81. The maximum Gasteiger partial charge on any atom is 0.471 e. The van der Waals surface area contributed by atoms with Gasteiger partial charge < -0.3 is 10.1 Å². The second-order valence-electron chi connectivity index (χ2n) is 3.89. The van der Waals surface area contributed by atoms with E-state index < -0.39 is 23.6 Å². The van der Waals surface area contributed by atoms with E-state index in [1.54, 1.807) is 5.32 Å². The fraction of sp³-hybridized carbons (Fsp3) is 0.364. The maximum absolute atomic E-state index is 12.0. The molecule has 0 aliphatic rings. The highest BCUT2D eigenvalue weighted by atomic mass is 19.4. The molecule has 0 spiro atoms. The van der Waals surface area contributed by atoms with Crippen LogP contribution in [0.1, 0.15) is 11.1 Å². The molecule has 0 saturated heterocycles. The molecule has 1 aromatic rings. The number of alkyl halides is 3. The van der Waals surface area contributed by atoms with E-state index in [0.717, 1.165) is 0 Å². The minimum Gasteiger partial charge on any atom is -0.490 e. The third kappa shape index (κ3) is 3.59. The van der Waals surface area contributed by atoms with Crippen molar-refractivity contribution in [2.24, 2.45) is 0 Å². The molecule has 0 fully saturated rings. The van der Waals surface area contributed by atoms with E-state index in [9.17, 15) is 28.1 Å². The molecule has 6 nitrogen and oxygen atoms in total. The van der Waals surface area contributed by atoms with E-state index in [-0.39, 0.29) is 11.4 Å². The van der Waals surface area contributed by atoms with Gasteiger partial charge in [-0.3, -0.25) is 14.9 Å². The number of nitro groups is 1. The summed E-state index contributed by atoms with van der Waals surface area (Å²) in [6.07, 6.45) is -4.97. The molecule has 110 valence electrons. The van der Waals surface area contributed by atoms with Crippen molar-refractivity contribution in [3.8, 4) is 5.75 Å². The van der Waals surface area contributed by atoms with Crippen molar-refractivity contribution in [1.29, 1.82) is 0 Å². The predicted molar refractivity (Wildman–Crippen MR) is 62.3 cm³/mol. The molecule has 0 unspecified atom stereocenters. The van der Waals surface area contributed by atoms with Gasteiger partial charge in [0.1, 0.15) is 0 Å². The fourth-order valence-corrected chi connectivity index (χ4v) is 1.49. The summed E-state index contributed by atoms with van der Waals surface area (Å²) in [7, 11) is 1.20. The maximum atomic E-state index is 12.0. The number of benzene rings is 1. The van der Waals surface area contributed by atoms with Crippen LogP contribution in [-0.4, -0.2) is 24.1 Å². The van der Waals surface area contributed by atoms with Crippen LogP contribution in [0.4, 0.5) is 18.9 Å². The summed E-state index contributed by atoms with van der Waals surface area (Å²) in [5.74, 6) is -2.16. The van der Waals surface area contributed by atoms with Crippen LogP contribution in [0.25, 0.3) is 0 Å². The van der Waals surface area contributed by atoms with Gasteiger partial charge in [0.15, 0.2) is 5.75 Å². The number of amides is 1. The van der Waals surface area contributed by atoms with Crippen LogP contribution in [-0.2, 0) is 11.3 Å². The van der Waals surface area contributed by atoms with Crippen molar-refractivity contribution in [3.63, 3.8) is 0 Å². The molecule has 0 aliphatic carbocycles. The van der Waals surface area contributed by atoms with Crippen LogP contribution >= 0.6 is 0 Å². The van der Waals surface area contributed by atoms with E-state index in [4.69, 9.17) is 4.74 Å². The topological polar surface area (TPSA) is 81.5 Å². The Hall–Kier alpha value is -2.32. The standard InChI is InChI=1S/C11H11F3N2O4/c1-6-3-8(16(18)19)9(20-2)4-7(6)5-15-10(17)11(12,13)14/h3-4H,5H2,1-2H3,(H,15,17). The first-order valence-corrected chi connectivity index (χ1v) is 5.33. The Labute approximate surface area is 111 Å². The lowest BCUT2D eigenvalue weighted by molar-refractivity contribution is -0.385. The molecule has 0 bridgehead atoms. The lowest BCUT2D eigenvalue weighted by Crippen LogP contribution is -2.36. The SMILES string of the molecule is COc1cc(CNC(=O)C(F)(F)F)c(C)cc1[N+](=O)[O-]. The normalized spacial score (nSPS) is 11.1. The summed E-state index contributed by atoms with van der Waals surface area (Å²) >= 11 is 0. The minimum absolute atomic E-state index is 0.0862. The van der Waals surface area contributed by atoms with E-state index in [1.165, 1.54) is 26.2 Å². The van der Waals surface area contributed by atoms with Gasteiger partial charge in [-0.2, -0.15) is 13.2 Å². The Morgan fingerprint density at radius 1 is 1.45 bits per heavy atom. The highest BCUT2D eigenvalue weighted by Gasteiger charge is 2.38. The summed E-state index contributed by atoms with van der Waals surface area (Å²) < 4.78 is 40.9. The first-order valence-electron chi connectivity index (χ1n) is 5.33. The van der Waals surface area contributed by atoms with Crippen LogP contribution < -0.4 is 10.1 Å². The quantitative estimate of drug-likeness (QED) is 0.680. The van der Waals surface area contributed by atoms with Crippen molar-refractivity contribution in [1.82, 2.24) is 5.32 Å². The number of aryl methyl sites for hydroxylation is 1. The summed E-state index contributed by atoms with van der Waals surface area (Å²) in [6.45, 7) is 1.08. The average molecular weight is 292 g/mol. The fourth-order valence-electron chi connectivity index (χ4n) is 1.49. The first kappa shape index (κ1) is 15.7. The monoisotopic (exact) mass is 292 g/mol. The number of hydrogen-bond donors (Lipinski definition) is 1. The van der Waals surface area contributed by atoms with Crippen LogP contribution in [0.2, 0.25) is 0 Å². The Kier molecular flexibility index (Phi) is 4.53. The average Bonchev–Trinajstić information content (AvgIpc) is 2.35. The number of carbonyl (C=O) groups is 1. The van der Waals surface area contributed by atoms with Crippen LogP contribution in [0.3, 0.4) is 0 Å². The van der Waals surface area contributed by atoms with Gasteiger partial charge >= 0.3 is 17.8 Å². The van der Waals surface area contributed by atoms with Crippen molar-refractivity contribution in [2.75, 3.05) is 7.11 Å². The van der Waals surface area contributed by atoms with Gasteiger partial charge in [0.05, 0.1) is 12.0 Å². The van der Waals surface area contributed by atoms with Crippen molar-refractivity contribution in [2.45, 2.75) is 19.6 Å². The van der Waals surface area contributed by atoms with Gasteiger partial charge in [-0.15, -0.1) is 0 Å². The van der Waals surface area contributed by atoms with Gasteiger partial charge in [-0.05, 0) is 24.1 Å². The molecule has 0 saturated carbocycles. The number of nitro benzene ring substituents is 1. The molecule has 0 heterocycles. The summed E-state index contributed by atoms with van der Waals surface area (Å²) in [6, 6.07) is 2.40. The van der Waals surface area contributed by atoms with E-state index in [2.05, 4.69) is 0 Å². The second-order valence-corrected chi connectivity index (χ2v) is 3.89. The highest BCUT2D eigenvalue weighted by Crippen LogP contribution is 2.30. The number of ether oxygens (including phenoxy) is 1. The Bertz CT molecular complexity index is 543. The number of carbonyl (C=O) groups excluding carboxylic acids is 1. The van der Waals surface area contributed by atoms with Crippen LogP contribution in [0.5, 0.6) is 5.75 Å². The second kappa shape index (κ2) is 5.76. The number of halogens is 3. The molecule has 9 heteroatoms. The zero-order valence-corrected chi connectivity index (χ0v) is 10.6. The molecule has 0 radical (unpaired) electrons. The van der Waals surface area contributed by atoms with Gasteiger partial charge in [0.2, 0.25) is 0 Å². The lowest BCUT2D eigenvalue weighted by atomic mass is 10.1. The molecule has 1 rings (SSSR count). The zero-order chi connectivity index (χ0) is 15.5. The van der Waals surface area contributed by atoms with E-state index >= 15 is 0 Å². The molecule has 0 aromatic heterocycles. The van der Waals surface area contributed by atoms with Crippen molar-refractivity contribution in [3.05, 3.63) is 33.4 Å². The van der Waals surface area contributed by atoms with Crippen LogP contribution in [0.15, 0.2) is 12.1 Å². The lowest BCUT2D eigenvalue weighted by Gasteiger charge is -2.11. The smallest absolute Gasteiger partial charge is 0.471 e. The molecule has 20 heavy (non-hydrogen) atoms. The molecule has 0 atom stereocenters. The molecular formula is C11H11F3N2O4. The summed E-state index contributed by atoms with van der Waals surface area (Å²) in [4.78, 5) is 20.8. The van der Waals surface area contributed by atoms with Gasteiger partial charge in [-0.1, -0.05) is 0 Å². The van der Waals surface area contributed by atoms with Crippen molar-refractivity contribution < 1.29 is 27.6 Å². The third-order valence-electron chi connectivity index (χ3n) is 2.53. The van der Waals surface area contributed by atoms with E-state index in [1.807, 2.05) is 0 Å². The number of nitrogens with zero attached hydrogens (tertiary/aromatic N) is 1. The molecule has 1 aromatic carbocycles. The molecule has 0 aliphatic heterocycles. The van der Waals surface area contributed by atoms with Crippen molar-refractivity contribution >= 4 is 11.6 Å². The van der Waals surface area contributed by atoms with Gasteiger partial charge in [0, 0.05) is 12.6 Å². The number of methoxy groups -OCH3 is 1. The third-order valence-corrected chi connectivity index (χ3v) is 2.53. The Morgan fingerprint density at radius 3 is 2.50 bits per heavy atom. The van der Waals surface area contributed by atoms with E-state index in [0.29, 0.717) is 11.1 Å².